The fourth-order valence-electron chi connectivity index (χ4n) is 4.98. The molecule has 0 radical (unpaired) electrons. The van der Waals surface area contributed by atoms with Gasteiger partial charge in [-0.15, -0.1) is 0 Å². The summed E-state index contributed by atoms with van der Waals surface area (Å²) < 4.78 is 13.3. The number of hydrogen-bond donors (Lipinski definition) is 3. The van der Waals surface area contributed by atoms with E-state index in [-0.39, 0.29) is 48.7 Å². The Hall–Kier alpha value is -6.24. The molecule has 13 nitrogen and oxygen atoms in total. The maximum Gasteiger partial charge on any atom is 0.379 e. The number of benzene rings is 2. The molecule has 266 valence electrons. The van der Waals surface area contributed by atoms with E-state index in [9.17, 15) is 28.8 Å². The van der Waals surface area contributed by atoms with Gasteiger partial charge >= 0.3 is 11.9 Å². The molecule has 0 aliphatic carbocycles. The number of nitrogens with zero attached hydrogens (tertiary/aromatic N) is 2. The minimum atomic E-state index is -0.989. The molecular weight excluding hydrogens is 654 g/mol. The van der Waals surface area contributed by atoms with E-state index in [4.69, 9.17) is 9.47 Å². The number of ether oxygens (including phenoxy) is 2. The Morgan fingerprint density at radius 3 is 1.88 bits per heavy atom. The van der Waals surface area contributed by atoms with Crippen LogP contribution in [-0.2, 0) is 38.0 Å². The molecular formula is C38H41N5O8. The summed E-state index contributed by atoms with van der Waals surface area (Å²) in [6.45, 7) is 8.72. The van der Waals surface area contributed by atoms with Crippen LogP contribution in [0, 0.1) is 0 Å². The topological polar surface area (TPSA) is 167 Å². The Morgan fingerprint density at radius 1 is 0.725 bits per heavy atom. The number of carbonyl (C=O) groups excluding carboxylic acids is 6. The van der Waals surface area contributed by atoms with Crippen molar-refractivity contribution in [3.8, 4) is 11.1 Å². The number of hydrogen-bond acceptors (Lipinski definition) is 8. The Labute approximate surface area is 295 Å². The first kappa shape index (κ1) is 37.6. The average Bonchev–Trinajstić information content (AvgIpc) is 3.64. The summed E-state index contributed by atoms with van der Waals surface area (Å²) in [4.78, 5) is 74.4. The SMILES string of the molecule is C=CCOC(=O)C(=O)c1ccc(NC(=O)c2cc(-c3ccc(NC(=O)c4cc(NC(=O)CCCC(=O)OC(C)(C)C)cn4C)cc3)cn2C)cc1. The highest BCUT2D eigenvalue weighted by atomic mass is 16.6. The maximum absolute atomic E-state index is 13.1. The normalized spacial score (nSPS) is 10.9. The van der Waals surface area contributed by atoms with E-state index in [0.29, 0.717) is 34.9 Å². The summed E-state index contributed by atoms with van der Waals surface area (Å²) in [5.41, 5.74) is 3.27. The van der Waals surface area contributed by atoms with E-state index >= 15 is 0 Å². The van der Waals surface area contributed by atoms with Gasteiger partial charge in [-0.2, -0.15) is 0 Å². The van der Waals surface area contributed by atoms with E-state index < -0.39 is 17.4 Å². The molecule has 2 aromatic carbocycles. The molecule has 4 rings (SSSR count). The molecule has 51 heavy (non-hydrogen) atoms. The lowest BCUT2D eigenvalue weighted by Gasteiger charge is -2.19. The standard InChI is InChI=1S/C38H41N5O8/c1-7-19-50-37(49)34(46)25-13-17-28(18-14-25)40-35(47)30-20-26(22-42(30)5)24-11-15-27(16-12-24)41-36(48)31-21-29(23-43(31)6)39-32(44)9-8-10-33(45)51-38(2,3)4/h7,11-18,20-23H,1,8-10,19H2,2-6H3,(H,39,44)(H,40,47)(H,41,48). The van der Waals surface area contributed by atoms with Crippen LogP contribution in [0.25, 0.3) is 11.1 Å². The van der Waals surface area contributed by atoms with Crippen molar-refractivity contribution < 1.29 is 38.2 Å². The van der Waals surface area contributed by atoms with Crippen molar-refractivity contribution in [2.75, 3.05) is 22.6 Å². The summed E-state index contributed by atoms with van der Waals surface area (Å²) in [5.74, 6) is -3.18. The van der Waals surface area contributed by atoms with Gasteiger partial charge < -0.3 is 34.6 Å². The highest BCUT2D eigenvalue weighted by Gasteiger charge is 2.20. The summed E-state index contributed by atoms with van der Waals surface area (Å²) in [7, 11) is 3.43. The molecule has 0 atom stereocenters. The summed E-state index contributed by atoms with van der Waals surface area (Å²) in [6, 6.07) is 16.3. The molecule has 3 amide bonds. The zero-order valence-electron chi connectivity index (χ0n) is 29.2. The van der Waals surface area contributed by atoms with Gasteiger partial charge in [0.1, 0.15) is 23.6 Å². The van der Waals surface area contributed by atoms with Crippen molar-refractivity contribution in [3.05, 3.63) is 103 Å². The average molecular weight is 696 g/mol. The fraction of sp³-hybridized carbons (Fsp3) is 0.263. The van der Waals surface area contributed by atoms with E-state index in [1.54, 1.807) is 80.7 Å². The molecule has 0 bridgehead atoms. The van der Waals surface area contributed by atoms with Crippen LogP contribution < -0.4 is 16.0 Å². The second kappa shape index (κ2) is 16.4. The molecule has 4 aromatic rings. The van der Waals surface area contributed by atoms with Gasteiger partial charge in [0.2, 0.25) is 5.91 Å². The molecule has 13 heteroatoms. The van der Waals surface area contributed by atoms with Gasteiger partial charge in [-0.25, -0.2) is 4.79 Å². The van der Waals surface area contributed by atoms with Crippen LogP contribution in [0.3, 0.4) is 0 Å². The second-order valence-electron chi connectivity index (χ2n) is 12.7. The number of ketones is 1. The Bertz CT molecular complexity index is 1950. The van der Waals surface area contributed by atoms with E-state index in [1.165, 1.54) is 30.3 Å². The lowest BCUT2D eigenvalue weighted by atomic mass is 10.1. The third-order valence-electron chi connectivity index (χ3n) is 7.36. The van der Waals surface area contributed by atoms with Crippen molar-refractivity contribution in [1.82, 2.24) is 9.13 Å². The Kier molecular flexibility index (Phi) is 12.1. The first-order valence-electron chi connectivity index (χ1n) is 16.1. The van der Waals surface area contributed by atoms with Gasteiger partial charge in [0.25, 0.3) is 17.6 Å². The number of Topliss-reactive ketones (excluding diaryl/α,β-unsaturated/α-hetero) is 1. The predicted octanol–water partition coefficient (Wildman–Crippen LogP) is 5.90. The van der Waals surface area contributed by atoms with Crippen molar-refractivity contribution in [3.63, 3.8) is 0 Å². The largest absolute Gasteiger partial charge is 0.460 e. The lowest BCUT2D eigenvalue weighted by molar-refractivity contribution is -0.154. The smallest absolute Gasteiger partial charge is 0.379 e. The number of aryl methyl sites for hydroxylation is 2. The number of aromatic nitrogens is 2. The molecule has 2 aromatic heterocycles. The minimum Gasteiger partial charge on any atom is -0.460 e. The molecule has 0 fully saturated rings. The first-order valence-corrected chi connectivity index (χ1v) is 16.1. The predicted molar refractivity (Wildman–Crippen MR) is 192 cm³/mol. The molecule has 0 spiro atoms. The summed E-state index contributed by atoms with van der Waals surface area (Å²) >= 11 is 0. The third kappa shape index (κ3) is 10.6. The van der Waals surface area contributed by atoms with Crippen molar-refractivity contribution in [2.24, 2.45) is 14.1 Å². The monoisotopic (exact) mass is 695 g/mol. The molecule has 0 saturated carbocycles. The number of nitrogens with one attached hydrogen (secondary N) is 3. The molecule has 0 aliphatic heterocycles. The number of carbonyl (C=O) groups is 6. The molecule has 3 N–H and O–H groups in total. The zero-order valence-corrected chi connectivity index (χ0v) is 29.2. The Balaban J connectivity index is 1.31. The molecule has 0 aliphatic rings. The van der Waals surface area contributed by atoms with Gasteiger partial charge in [-0.1, -0.05) is 24.8 Å². The maximum atomic E-state index is 13.1. The van der Waals surface area contributed by atoms with Gasteiger partial charge in [0.15, 0.2) is 0 Å². The van der Waals surface area contributed by atoms with E-state index in [2.05, 4.69) is 22.5 Å². The van der Waals surface area contributed by atoms with Gasteiger partial charge in [-0.3, -0.25) is 24.0 Å². The highest BCUT2D eigenvalue weighted by Crippen LogP contribution is 2.25. The van der Waals surface area contributed by atoms with E-state index in [1.807, 2.05) is 12.1 Å². The van der Waals surface area contributed by atoms with Gasteiger partial charge in [0.05, 0.1) is 5.69 Å². The number of amides is 3. The van der Waals surface area contributed by atoms with Crippen LogP contribution in [-0.4, -0.2) is 56.8 Å². The lowest BCUT2D eigenvalue weighted by Crippen LogP contribution is -2.23. The molecule has 0 unspecified atom stereocenters. The summed E-state index contributed by atoms with van der Waals surface area (Å²) in [6.07, 6.45) is 5.40. The van der Waals surface area contributed by atoms with Crippen LogP contribution in [0.4, 0.5) is 17.1 Å². The minimum absolute atomic E-state index is 0.0701. The first-order chi connectivity index (χ1) is 24.1. The number of anilines is 3. The zero-order chi connectivity index (χ0) is 37.3. The fourth-order valence-corrected chi connectivity index (χ4v) is 4.98. The van der Waals surface area contributed by atoms with Crippen LogP contribution in [0.2, 0.25) is 0 Å². The highest BCUT2D eigenvalue weighted by molar-refractivity contribution is 6.40. The van der Waals surface area contributed by atoms with Crippen LogP contribution >= 0.6 is 0 Å². The number of esters is 2. The van der Waals surface area contributed by atoms with E-state index in [0.717, 1.165) is 11.1 Å². The second-order valence-corrected chi connectivity index (χ2v) is 12.7. The quantitative estimate of drug-likeness (QED) is 0.0635. The van der Waals surface area contributed by atoms with Gasteiger partial charge in [0, 0.05) is 61.8 Å². The molecule has 2 heterocycles. The number of rotatable bonds is 14. The van der Waals surface area contributed by atoms with Crippen molar-refractivity contribution in [2.45, 2.75) is 45.6 Å². The summed E-state index contributed by atoms with van der Waals surface area (Å²) in [5, 5.41) is 8.40. The van der Waals surface area contributed by atoms with Crippen molar-refractivity contribution in [1.29, 1.82) is 0 Å². The van der Waals surface area contributed by atoms with Crippen LogP contribution in [0.15, 0.2) is 85.7 Å². The molecule has 0 saturated heterocycles. The Morgan fingerprint density at radius 2 is 1.29 bits per heavy atom. The van der Waals surface area contributed by atoms with Crippen LogP contribution in [0.5, 0.6) is 0 Å². The van der Waals surface area contributed by atoms with Crippen LogP contribution in [0.1, 0.15) is 71.4 Å². The third-order valence-corrected chi connectivity index (χ3v) is 7.36. The van der Waals surface area contributed by atoms with Crippen molar-refractivity contribution >= 4 is 52.5 Å². The van der Waals surface area contributed by atoms with Gasteiger partial charge in [-0.05, 0) is 81.3 Å².